The summed E-state index contributed by atoms with van der Waals surface area (Å²) in [5.74, 6) is 0. The van der Waals surface area contributed by atoms with Crippen molar-refractivity contribution in [2.75, 3.05) is 0 Å². The third-order valence-electron chi connectivity index (χ3n) is 1.93. The Morgan fingerprint density at radius 1 is 1.09 bits per heavy atom. The van der Waals surface area contributed by atoms with E-state index in [1.807, 2.05) is 0 Å². The van der Waals surface area contributed by atoms with Gasteiger partial charge in [-0.1, -0.05) is 36.4 Å². The summed E-state index contributed by atoms with van der Waals surface area (Å²) in [5.41, 5.74) is 2.89. The molecule has 0 aromatic heterocycles. The van der Waals surface area contributed by atoms with Crippen LogP contribution in [0.4, 0.5) is 0 Å². The van der Waals surface area contributed by atoms with Gasteiger partial charge >= 0.3 is 29.6 Å². The predicted molar refractivity (Wildman–Crippen MR) is 50.9 cm³/mol. The average molecular weight is 154 g/mol. The van der Waals surface area contributed by atoms with Crippen molar-refractivity contribution in [2.45, 2.75) is 12.8 Å². The number of fused-ring (bicyclic) bond motifs is 1. The first kappa shape index (κ1) is 9.05. The summed E-state index contributed by atoms with van der Waals surface area (Å²) >= 11 is 0. The molecule has 1 aliphatic carbocycles. The van der Waals surface area contributed by atoms with Crippen molar-refractivity contribution in [2.24, 2.45) is 0 Å². The summed E-state index contributed by atoms with van der Waals surface area (Å²) in [5, 5.41) is 0. The summed E-state index contributed by atoms with van der Waals surface area (Å²) in [6.07, 6.45) is 6.87. The van der Waals surface area contributed by atoms with Crippen LogP contribution in [0.25, 0.3) is 6.08 Å². The van der Waals surface area contributed by atoms with Crippen LogP contribution in [0.5, 0.6) is 0 Å². The Balaban J connectivity index is 0.000000605. The minimum absolute atomic E-state index is 0. The van der Waals surface area contributed by atoms with E-state index in [4.69, 9.17) is 0 Å². The Bertz CT molecular complexity index is 263. The van der Waals surface area contributed by atoms with Gasteiger partial charge in [0.05, 0.1) is 0 Å². The summed E-state index contributed by atoms with van der Waals surface area (Å²) in [6.45, 7) is 0. The van der Waals surface area contributed by atoms with Crippen LogP contribution in [-0.4, -0.2) is 29.6 Å². The third kappa shape index (κ3) is 1.96. The summed E-state index contributed by atoms with van der Waals surface area (Å²) < 4.78 is 0. The molecule has 0 fully saturated rings. The zero-order valence-electron chi connectivity index (χ0n) is 5.88. The number of allylic oxidation sites excluding steroid dienone is 1. The maximum absolute atomic E-state index is 2.24. The molecule has 1 aromatic carbocycles. The van der Waals surface area contributed by atoms with Crippen molar-refractivity contribution in [1.29, 1.82) is 0 Å². The maximum atomic E-state index is 2.24. The molecule has 0 N–H and O–H groups in total. The quantitative estimate of drug-likeness (QED) is 0.501. The van der Waals surface area contributed by atoms with Gasteiger partial charge in [0, 0.05) is 0 Å². The molecule has 0 radical (unpaired) electrons. The Morgan fingerprint density at radius 2 is 1.91 bits per heavy atom. The van der Waals surface area contributed by atoms with Crippen molar-refractivity contribution < 1.29 is 0 Å². The van der Waals surface area contributed by atoms with Crippen molar-refractivity contribution in [1.82, 2.24) is 0 Å². The fourth-order valence-corrected chi connectivity index (χ4v) is 1.37. The second-order valence-electron chi connectivity index (χ2n) is 2.64. The zero-order chi connectivity index (χ0) is 6.81. The SMILES string of the molecule is C1=Cc2ccccc2CC1.[NaH]. The van der Waals surface area contributed by atoms with Crippen molar-refractivity contribution >= 4 is 35.6 Å². The van der Waals surface area contributed by atoms with Gasteiger partial charge in [-0.05, 0) is 24.0 Å². The normalized spacial score (nSPS) is 13.5. The molecule has 0 aliphatic heterocycles. The molecule has 52 valence electrons. The Kier molecular flexibility index (Phi) is 3.38. The first-order valence-corrected chi connectivity index (χ1v) is 3.71. The van der Waals surface area contributed by atoms with E-state index in [2.05, 4.69) is 36.4 Å². The zero-order valence-corrected chi connectivity index (χ0v) is 5.88. The molecule has 0 saturated carbocycles. The van der Waals surface area contributed by atoms with Crippen LogP contribution in [0.3, 0.4) is 0 Å². The van der Waals surface area contributed by atoms with E-state index in [1.54, 1.807) is 0 Å². The van der Waals surface area contributed by atoms with Crippen molar-refractivity contribution in [3.8, 4) is 0 Å². The van der Waals surface area contributed by atoms with Gasteiger partial charge in [0.2, 0.25) is 0 Å². The predicted octanol–water partition coefficient (Wildman–Crippen LogP) is 2.00. The monoisotopic (exact) mass is 154 g/mol. The molecule has 1 aliphatic rings. The second kappa shape index (κ2) is 4.10. The van der Waals surface area contributed by atoms with Gasteiger partial charge in [-0.3, -0.25) is 0 Å². The Morgan fingerprint density at radius 3 is 2.73 bits per heavy atom. The molecule has 1 aromatic rings. The van der Waals surface area contributed by atoms with E-state index in [0.717, 1.165) is 0 Å². The van der Waals surface area contributed by atoms with E-state index in [0.29, 0.717) is 0 Å². The van der Waals surface area contributed by atoms with Crippen LogP contribution in [0.15, 0.2) is 30.3 Å². The average Bonchev–Trinajstić information content (AvgIpc) is 2.05. The van der Waals surface area contributed by atoms with Gasteiger partial charge in [0.25, 0.3) is 0 Å². The van der Waals surface area contributed by atoms with Crippen molar-refractivity contribution in [3.05, 3.63) is 41.5 Å². The fraction of sp³-hybridized carbons (Fsp3) is 0.200. The van der Waals surface area contributed by atoms with Gasteiger partial charge in [0.1, 0.15) is 0 Å². The molecular formula is C10H11Na. The Hall–Kier alpha value is -0.0400. The molecule has 0 bridgehead atoms. The molecule has 0 unspecified atom stereocenters. The Labute approximate surface area is 89.6 Å². The molecule has 0 atom stereocenters. The number of aryl methyl sites for hydroxylation is 1. The molecule has 0 spiro atoms. The topological polar surface area (TPSA) is 0 Å². The number of rotatable bonds is 0. The molecule has 2 rings (SSSR count). The molecule has 11 heavy (non-hydrogen) atoms. The van der Waals surface area contributed by atoms with Crippen LogP contribution in [0, 0.1) is 0 Å². The third-order valence-corrected chi connectivity index (χ3v) is 1.93. The van der Waals surface area contributed by atoms with Crippen LogP contribution in [0.1, 0.15) is 17.5 Å². The number of hydrogen-bond donors (Lipinski definition) is 0. The van der Waals surface area contributed by atoms with Gasteiger partial charge in [0.15, 0.2) is 0 Å². The number of hydrogen-bond acceptors (Lipinski definition) is 0. The standard InChI is InChI=1S/C10H10.Na.H/c1-2-6-10-8-4-3-7-9(10)5-1;;/h1-3,5-7H,4,8H2;;. The molecular weight excluding hydrogens is 143 g/mol. The first-order chi connectivity index (χ1) is 4.97. The summed E-state index contributed by atoms with van der Waals surface area (Å²) in [7, 11) is 0. The van der Waals surface area contributed by atoms with Crippen LogP contribution < -0.4 is 0 Å². The second-order valence-corrected chi connectivity index (χ2v) is 2.64. The fourth-order valence-electron chi connectivity index (χ4n) is 1.37. The van der Waals surface area contributed by atoms with Gasteiger partial charge in [-0.25, -0.2) is 0 Å². The van der Waals surface area contributed by atoms with Crippen LogP contribution in [-0.2, 0) is 6.42 Å². The molecule has 1 heteroatoms. The molecule has 0 nitrogen and oxygen atoms in total. The minimum atomic E-state index is 0. The van der Waals surface area contributed by atoms with E-state index >= 15 is 0 Å². The van der Waals surface area contributed by atoms with Crippen LogP contribution in [0.2, 0.25) is 0 Å². The summed E-state index contributed by atoms with van der Waals surface area (Å²) in [4.78, 5) is 0. The van der Waals surface area contributed by atoms with E-state index in [9.17, 15) is 0 Å². The van der Waals surface area contributed by atoms with Crippen LogP contribution >= 0.6 is 0 Å². The van der Waals surface area contributed by atoms with Crippen molar-refractivity contribution in [3.63, 3.8) is 0 Å². The van der Waals surface area contributed by atoms with Gasteiger partial charge in [-0.2, -0.15) is 0 Å². The van der Waals surface area contributed by atoms with Gasteiger partial charge < -0.3 is 0 Å². The molecule has 0 heterocycles. The number of benzene rings is 1. The summed E-state index contributed by atoms with van der Waals surface area (Å²) in [6, 6.07) is 8.58. The van der Waals surface area contributed by atoms with E-state index < -0.39 is 0 Å². The first-order valence-electron chi connectivity index (χ1n) is 3.71. The van der Waals surface area contributed by atoms with E-state index in [1.165, 1.54) is 24.0 Å². The van der Waals surface area contributed by atoms with Gasteiger partial charge in [-0.15, -0.1) is 0 Å². The molecule has 0 amide bonds. The molecule has 0 saturated heterocycles. The van der Waals surface area contributed by atoms with E-state index in [-0.39, 0.29) is 29.6 Å².